The molecule has 0 heterocycles. The van der Waals surface area contributed by atoms with E-state index in [4.69, 9.17) is 11.8 Å². The van der Waals surface area contributed by atoms with E-state index in [2.05, 4.69) is 4.85 Å². The van der Waals surface area contributed by atoms with Crippen LogP contribution < -0.4 is 5.48 Å². The Kier molecular flexibility index (Phi) is 2.88. The van der Waals surface area contributed by atoms with Crippen molar-refractivity contribution in [3.63, 3.8) is 0 Å². The molecule has 0 radical (unpaired) electrons. The maximum absolute atomic E-state index is 11.3. The molecule has 0 spiro atoms. The number of hydroxylamine groups is 1. The molecule has 1 aliphatic rings. The van der Waals surface area contributed by atoms with Gasteiger partial charge in [0.2, 0.25) is 5.91 Å². The molecule has 16 heavy (non-hydrogen) atoms. The summed E-state index contributed by atoms with van der Waals surface area (Å²) in [6, 6.07) is 5.59. The molecular weight excluding hydrogens is 204 g/mol. The van der Waals surface area contributed by atoms with E-state index < -0.39 is 0 Å². The van der Waals surface area contributed by atoms with Crippen LogP contribution in [0.5, 0.6) is 0 Å². The van der Waals surface area contributed by atoms with Crippen LogP contribution >= 0.6 is 0 Å². The second-order valence-electron chi connectivity index (χ2n) is 3.98. The lowest BCUT2D eigenvalue weighted by Gasteiger charge is -2.23. The van der Waals surface area contributed by atoms with Gasteiger partial charge in [-0.25, -0.2) is 10.3 Å². The highest BCUT2D eigenvalue weighted by atomic mass is 16.5. The number of hydrogen-bond donors (Lipinski definition) is 2. The largest absolute Gasteiger partial charge is 0.289 e. The standard InChI is InChI=1S/C12H12N2O2/c1-13-11-5-4-8-2-3-9(12(15)14-16)6-10(8)7-11/h4-5,7,9,16H,2-3,6H2,(H,14,15). The number of hydrogen-bond acceptors (Lipinski definition) is 2. The quantitative estimate of drug-likeness (QED) is 0.427. The van der Waals surface area contributed by atoms with Crippen molar-refractivity contribution in [2.24, 2.45) is 5.92 Å². The third kappa shape index (κ3) is 1.90. The fraction of sp³-hybridized carbons (Fsp3) is 0.333. The third-order valence-electron chi connectivity index (χ3n) is 3.03. The zero-order chi connectivity index (χ0) is 11.5. The van der Waals surface area contributed by atoms with Crippen molar-refractivity contribution >= 4 is 11.6 Å². The fourth-order valence-electron chi connectivity index (χ4n) is 2.13. The Hall–Kier alpha value is -1.86. The minimum Gasteiger partial charge on any atom is -0.289 e. The van der Waals surface area contributed by atoms with Crippen LogP contribution in [0.1, 0.15) is 17.5 Å². The first kappa shape index (κ1) is 10.7. The minimum absolute atomic E-state index is 0.182. The van der Waals surface area contributed by atoms with Crippen molar-refractivity contribution in [1.29, 1.82) is 0 Å². The summed E-state index contributed by atoms with van der Waals surface area (Å²) in [7, 11) is 0. The highest BCUT2D eigenvalue weighted by molar-refractivity contribution is 5.78. The summed E-state index contributed by atoms with van der Waals surface area (Å²) in [6.45, 7) is 6.94. The third-order valence-corrected chi connectivity index (χ3v) is 3.03. The lowest BCUT2D eigenvalue weighted by molar-refractivity contribution is -0.133. The minimum atomic E-state index is -0.334. The van der Waals surface area contributed by atoms with Gasteiger partial charge < -0.3 is 0 Å². The average Bonchev–Trinajstić information content (AvgIpc) is 2.36. The lowest BCUT2D eigenvalue weighted by atomic mass is 9.83. The van der Waals surface area contributed by atoms with E-state index >= 15 is 0 Å². The number of carbonyl (C=O) groups is 1. The zero-order valence-electron chi connectivity index (χ0n) is 8.73. The van der Waals surface area contributed by atoms with Crippen LogP contribution in [0, 0.1) is 12.5 Å². The molecule has 0 fully saturated rings. The molecule has 82 valence electrons. The van der Waals surface area contributed by atoms with Crippen LogP contribution in [-0.2, 0) is 17.6 Å². The molecule has 4 nitrogen and oxygen atoms in total. The molecule has 1 aromatic carbocycles. The van der Waals surface area contributed by atoms with Crippen LogP contribution in [0.3, 0.4) is 0 Å². The Morgan fingerprint density at radius 2 is 2.31 bits per heavy atom. The van der Waals surface area contributed by atoms with Gasteiger partial charge in [0.1, 0.15) is 0 Å². The number of benzene rings is 1. The molecule has 0 saturated heterocycles. The fourth-order valence-corrected chi connectivity index (χ4v) is 2.13. The van der Waals surface area contributed by atoms with Crippen molar-refractivity contribution in [1.82, 2.24) is 5.48 Å². The number of aryl methyl sites for hydroxylation is 1. The maximum atomic E-state index is 11.3. The topological polar surface area (TPSA) is 53.7 Å². The van der Waals surface area contributed by atoms with Gasteiger partial charge in [0.15, 0.2) is 5.69 Å². The van der Waals surface area contributed by atoms with Crippen molar-refractivity contribution < 1.29 is 10.0 Å². The monoisotopic (exact) mass is 216 g/mol. The molecule has 4 heteroatoms. The molecule has 1 aliphatic carbocycles. The second kappa shape index (κ2) is 4.33. The van der Waals surface area contributed by atoms with Crippen LogP contribution in [-0.4, -0.2) is 11.1 Å². The van der Waals surface area contributed by atoms with Crippen LogP contribution in [0.2, 0.25) is 0 Å². The van der Waals surface area contributed by atoms with E-state index in [1.165, 1.54) is 5.56 Å². The van der Waals surface area contributed by atoms with Gasteiger partial charge in [0.25, 0.3) is 0 Å². The summed E-state index contributed by atoms with van der Waals surface area (Å²) < 4.78 is 0. The summed E-state index contributed by atoms with van der Waals surface area (Å²) >= 11 is 0. The van der Waals surface area contributed by atoms with Gasteiger partial charge in [-0.15, -0.1) is 0 Å². The van der Waals surface area contributed by atoms with Crippen molar-refractivity contribution in [2.45, 2.75) is 19.3 Å². The van der Waals surface area contributed by atoms with Gasteiger partial charge in [-0.05, 0) is 24.8 Å². The summed E-state index contributed by atoms with van der Waals surface area (Å²) in [5.74, 6) is -0.516. The summed E-state index contributed by atoms with van der Waals surface area (Å²) in [4.78, 5) is 14.7. The molecule has 2 N–H and O–H groups in total. The van der Waals surface area contributed by atoms with Crippen LogP contribution in [0.15, 0.2) is 18.2 Å². The second-order valence-corrected chi connectivity index (χ2v) is 3.98. The number of rotatable bonds is 1. The number of carbonyl (C=O) groups excluding carboxylic acids is 1. The Labute approximate surface area is 93.7 Å². The van der Waals surface area contributed by atoms with E-state index in [-0.39, 0.29) is 11.8 Å². The number of nitrogens with zero attached hydrogens (tertiary/aromatic N) is 1. The molecule has 1 atom stereocenters. The first-order chi connectivity index (χ1) is 7.74. The van der Waals surface area contributed by atoms with E-state index in [1.807, 2.05) is 12.1 Å². The maximum Gasteiger partial charge on any atom is 0.246 e. The van der Waals surface area contributed by atoms with Gasteiger partial charge in [-0.1, -0.05) is 23.8 Å². The van der Waals surface area contributed by atoms with E-state index in [0.717, 1.165) is 18.4 Å². The van der Waals surface area contributed by atoms with Crippen molar-refractivity contribution in [3.8, 4) is 0 Å². The Morgan fingerprint density at radius 3 is 3.00 bits per heavy atom. The number of amides is 1. The van der Waals surface area contributed by atoms with Gasteiger partial charge >= 0.3 is 0 Å². The summed E-state index contributed by atoms with van der Waals surface area (Å²) in [5, 5.41) is 8.59. The predicted octanol–water partition coefficient (Wildman–Crippen LogP) is 1.85. The first-order valence-electron chi connectivity index (χ1n) is 5.18. The molecular formula is C12H12N2O2. The van der Waals surface area contributed by atoms with Gasteiger partial charge in [-0.2, -0.15) is 0 Å². The normalized spacial score (nSPS) is 18.4. The zero-order valence-corrected chi connectivity index (χ0v) is 8.73. The molecule has 1 unspecified atom stereocenters. The highest BCUT2D eigenvalue weighted by Gasteiger charge is 2.24. The molecule has 2 rings (SSSR count). The van der Waals surface area contributed by atoms with Crippen molar-refractivity contribution in [3.05, 3.63) is 40.7 Å². The Balaban J connectivity index is 2.25. The molecule has 1 amide bonds. The van der Waals surface area contributed by atoms with E-state index in [1.54, 1.807) is 11.5 Å². The van der Waals surface area contributed by atoms with Gasteiger partial charge in [-0.3, -0.25) is 10.0 Å². The van der Waals surface area contributed by atoms with Gasteiger partial charge in [0.05, 0.1) is 6.57 Å². The first-order valence-corrected chi connectivity index (χ1v) is 5.18. The smallest absolute Gasteiger partial charge is 0.246 e. The van der Waals surface area contributed by atoms with Crippen LogP contribution in [0.25, 0.3) is 4.85 Å². The lowest BCUT2D eigenvalue weighted by Crippen LogP contribution is -2.31. The van der Waals surface area contributed by atoms with E-state index in [9.17, 15) is 4.79 Å². The molecule has 0 saturated carbocycles. The molecule has 0 bridgehead atoms. The Bertz CT molecular complexity index is 463. The summed E-state index contributed by atoms with van der Waals surface area (Å²) in [6.07, 6.45) is 2.17. The molecule has 1 aromatic rings. The van der Waals surface area contributed by atoms with Gasteiger partial charge in [0, 0.05) is 5.92 Å². The highest BCUT2D eigenvalue weighted by Crippen LogP contribution is 2.28. The molecule has 0 aromatic heterocycles. The molecule has 0 aliphatic heterocycles. The SMILES string of the molecule is [C-]#[N+]c1ccc2c(c1)CC(C(=O)NO)CC2. The van der Waals surface area contributed by atoms with Crippen LogP contribution in [0.4, 0.5) is 5.69 Å². The van der Waals surface area contributed by atoms with Crippen molar-refractivity contribution in [2.75, 3.05) is 0 Å². The van der Waals surface area contributed by atoms with E-state index in [0.29, 0.717) is 12.1 Å². The summed E-state index contributed by atoms with van der Waals surface area (Å²) in [5.41, 5.74) is 4.55. The number of nitrogens with one attached hydrogen (secondary N) is 1. The Morgan fingerprint density at radius 1 is 1.50 bits per heavy atom. The predicted molar refractivity (Wildman–Crippen MR) is 58.1 cm³/mol. The number of fused-ring (bicyclic) bond motifs is 1. The average molecular weight is 216 g/mol.